The topological polar surface area (TPSA) is 37.4 Å². The van der Waals surface area contributed by atoms with Crippen LogP contribution in [0, 0.1) is 5.39 Å². The van der Waals surface area contributed by atoms with Gasteiger partial charge in [-0.3, -0.25) is 0 Å². The fourth-order valence-corrected chi connectivity index (χ4v) is 1.22. The quantitative estimate of drug-likeness (QED) is 0.527. The SMILES string of the molecule is N#[N+]c1ccc2c(c1)COC2. The van der Waals surface area contributed by atoms with Crippen molar-refractivity contribution >= 4 is 5.69 Å². The number of hydrogen-bond acceptors (Lipinski definition) is 2. The zero-order valence-electron chi connectivity index (χ0n) is 5.95. The van der Waals surface area contributed by atoms with Crippen molar-refractivity contribution in [3.63, 3.8) is 0 Å². The van der Waals surface area contributed by atoms with Crippen molar-refractivity contribution in [3.05, 3.63) is 34.3 Å². The second-order valence-corrected chi connectivity index (χ2v) is 2.55. The van der Waals surface area contributed by atoms with Gasteiger partial charge in [0.05, 0.1) is 13.2 Å². The summed E-state index contributed by atoms with van der Waals surface area (Å²) in [6.07, 6.45) is 0. The van der Waals surface area contributed by atoms with Gasteiger partial charge >= 0.3 is 5.69 Å². The monoisotopic (exact) mass is 147 g/mol. The lowest BCUT2D eigenvalue weighted by Gasteiger charge is -1.88. The minimum Gasteiger partial charge on any atom is -0.372 e. The first-order valence-corrected chi connectivity index (χ1v) is 3.45. The maximum Gasteiger partial charge on any atom is 0.385 e. The average Bonchev–Trinajstić information content (AvgIpc) is 2.50. The molecular formula is C8H7N2O+. The highest BCUT2D eigenvalue weighted by Gasteiger charge is 2.14. The van der Waals surface area contributed by atoms with Crippen LogP contribution in [0.5, 0.6) is 0 Å². The van der Waals surface area contributed by atoms with Gasteiger partial charge in [0, 0.05) is 12.1 Å². The van der Waals surface area contributed by atoms with Crippen molar-refractivity contribution in [2.24, 2.45) is 0 Å². The van der Waals surface area contributed by atoms with E-state index >= 15 is 0 Å². The summed E-state index contributed by atoms with van der Waals surface area (Å²) < 4.78 is 5.19. The normalized spacial score (nSPS) is 14.1. The third kappa shape index (κ3) is 0.975. The minimum absolute atomic E-state index is 0.592. The highest BCUT2D eigenvalue weighted by Crippen LogP contribution is 2.24. The van der Waals surface area contributed by atoms with E-state index in [9.17, 15) is 0 Å². The Kier molecular flexibility index (Phi) is 1.34. The highest BCUT2D eigenvalue weighted by atomic mass is 16.5. The molecule has 3 nitrogen and oxygen atoms in total. The molecule has 3 heteroatoms. The van der Waals surface area contributed by atoms with Crippen molar-refractivity contribution < 1.29 is 4.74 Å². The molecule has 1 aromatic rings. The molecule has 1 aliphatic rings. The first-order valence-electron chi connectivity index (χ1n) is 3.45. The van der Waals surface area contributed by atoms with Crippen molar-refractivity contribution in [3.8, 4) is 0 Å². The molecule has 0 fully saturated rings. The molecule has 0 atom stereocenters. The fraction of sp³-hybridized carbons (Fsp3) is 0.250. The zero-order chi connectivity index (χ0) is 7.68. The first-order chi connectivity index (χ1) is 5.40. The third-order valence-electron chi connectivity index (χ3n) is 1.82. The predicted molar refractivity (Wildman–Crippen MR) is 39.7 cm³/mol. The Balaban J connectivity index is 2.51. The molecular weight excluding hydrogens is 140 g/mol. The van der Waals surface area contributed by atoms with E-state index in [1.807, 2.05) is 12.1 Å². The molecule has 0 amide bonds. The van der Waals surface area contributed by atoms with Crippen molar-refractivity contribution in [1.29, 1.82) is 5.39 Å². The lowest BCUT2D eigenvalue weighted by molar-refractivity contribution is 0.134. The van der Waals surface area contributed by atoms with Crippen molar-refractivity contribution in [1.82, 2.24) is 0 Å². The molecule has 0 saturated carbocycles. The van der Waals surface area contributed by atoms with Crippen molar-refractivity contribution in [2.75, 3.05) is 0 Å². The van der Waals surface area contributed by atoms with E-state index in [-0.39, 0.29) is 0 Å². The summed E-state index contributed by atoms with van der Waals surface area (Å²) in [6.45, 7) is 1.32. The second kappa shape index (κ2) is 2.33. The summed E-state index contributed by atoms with van der Waals surface area (Å²) in [6, 6.07) is 5.53. The molecule has 1 heterocycles. The largest absolute Gasteiger partial charge is 0.385 e. The number of rotatable bonds is 0. The average molecular weight is 147 g/mol. The second-order valence-electron chi connectivity index (χ2n) is 2.55. The molecule has 2 rings (SSSR count). The smallest absolute Gasteiger partial charge is 0.372 e. The van der Waals surface area contributed by atoms with Gasteiger partial charge in [0.2, 0.25) is 5.39 Å². The molecule has 11 heavy (non-hydrogen) atoms. The molecule has 0 bridgehead atoms. The molecule has 1 aromatic carbocycles. The third-order valence-corrected chi connectivity index (χ3v) is 1.82. The summed E-state index contributed by atoms with van der Waals surface area (Å²) in [7, 11) is 0. The van der Waals surface area contributed by atoms with Crippen LogP contribution in [0.25, 0.3) is 4.98 Å². The number of diazo groups is 1. The van der Waals surface area contributed by atoms with E-state index in [0.29, 0.717) is 18.9 Å². The maximum atomic E-state index is 8.45. The summed E-state index contributed by atoms with van der Waals surface area (Å²) in [5.74, 6) is 0. The first kappa shape index (κ1) is 6.32. The fourth-order valence-electron chi connectivity index (χ4n) is 1.22. The van der Waals surface area contributed by atoms with E-state index in [0.717, 1.165) is 5.56 Å². The zero-order valence-corrected chi connectivity index (χ0v) is 5.95. The molecule has 0 unspecified atom stereocenters. The Bertz CT molecular complexity index is 327. The van der Waals surface area contributed by atoms with Crippen LogP contribution in [0.1, 0.15) is 11.1 Å². The summed E-state index contributed by atoms with van der Waals surface area (Å²) in [4.78, 5) is 3.09. The van der Waals surface area contributed by atoms with E-state index in [2.05, 4.69) is 4.98 Å². The Labute approximate surface area is 64.2 Å². The van der Waals surface area contributed by atoms with E-state index in [4.69, 9.17) is 10.1 Å². The van der Waals surface area contributed by atoms with Gasteiger partial charge in [-0.2, -0.15) is 0 Å². The summed E-state index contributed by atoms with van der Waals surface area (Å²) in [5, 5.41) is 8.45. The predicted octanol–water partition coefficient (Wildman–Crippen LogP) is 2.20. The molecule has 0 spiro atoms. The highest BCUT2D eigenvalue weighted by molar-refractivity contribution is 5.49. The summed E-state index contributed by atoms with van der Waals surface area (Å²) in [5.41, 5.74) is 2.91. The Morgan fingerprint density at radius 3 is 2.91 bits per heavy atom. The lowest BCUT2D eigenvalue weighted by Crippen LogP contribution is -1.78. The molecule has 54 valence electrons. The lowest BCUT2D eigenvalue weighted by atomic mass is 10.1. The minimum atomic E-state index is 0.592. The van der Waals surface area contributed by atoms with Crippen LogP contribution < -0.4 is 0 Å². The molecule has 0 aliphatic carbocycles. The van der Waals surface area contributed by atoms with Crippen LogP contribution in [-0.2, 0) is 18.0 Å². The van der Waals surface area contributed by atoms with E-state index in [1.54, 1.807) is 6.07 Å². The summed E-state index contributed by atoms with van der Waals surface area (Å²) >= 11 is 0. The van der Waals surface area contributed by atoms with E-state index in [1.165, 1.54) is 5.56 Å². The van der Waals surface area contributed by atoms with Gasteiger partial charge in [0.15, 0.2) is 4.98 Å². The Morgan fingerprint density at radius 2 is 2.09 bits per heavy atom. The molecule has 1 aliphatic heterocycles. The van der Waals surface area contributed by atoms with Gasteiger partial charge in [0.25, 0.3) is 0 Å². The van der Waals surface area contributed by atoms with Gasteiger partial charge in [-0.1, -0.05) is 0 Å². The molecule has 0 radical (unpaired) electrons. The van der Waals surface area contributed by atoms with Crippen LogP contribution in [0.2, 0.25) is 0 Å². The van der Waals surface area contributed by atoms with Crippen LogP contribution in [0.4, 0.5) is 5.69 Å². The number of fused-ring (bicyclic) bond motifs is 1. The number of hydrogen-bond donors (Lipinski definition) is 0. The Hall–Kier alpha value is -1.40. The van der Waals surface area contributed by atoms with Gasteiger partial charge in [-0.25, -0.2) is 0 Å². The van der Waals surface area contributed by atoms with Gasteiger partial charge < -0.3 is 4.74 Å². The number of benzene rings is 1. The van der Waals surface area contributed by atoms with Crippen molar-refractivity contribution in [2.45, 2.75) is 13.2 Å². The van der Waals surface area contributed by atoms with Gasteiger partial charge in [-0.15, -0.1) is 0 Å². The van der Waals surface area contributed by atoms with Gasteiger partial charge in [-0.05, 0) is 17.2 Å². The van der Waals surface area contributed by atoms with Crippen LogP contribution in [0.15, 0.2) is 18.2 Å². The molecule has 0 N–H and O–H groups in total. The number of nitrogens with zero attached hydrogens (tertiary/aromatic N) is 2. The van der Waals surface area contributed by atoms with Crippen LogP contribution in [0.3, 0.4) is 0 Å². The molecule has 0 saturated heterocycles. The van der Waals surface area contributed by atoms with Gasteiger partial charge in [0.1, 0.15) is 0 Å². The number of ether oxygens (including phenoxy) is 1. The van der Waals surface area contributed by atoms with Crippen LogP contribution in [-0.4, -0.2) is 0 Å². The standard InChI is InChI=1S/C8H7N2O/c9-10-8-2-1-6-4-11-5-7(6)3-8/h1-3H,4-5H2/q+1. The Morgan fingerprint density at radius 1 is 1.27 bits per heavy atom. The molecule has 0 aromatic heterocycles. The van der Waals surface area contributed by atoms with Crippen LogP contribution >= 0.6 is 0 Å². The van der Waals surface area contributed by atoms with E-state index < -0.39 is 0 Å². The maximum absolute atomic E-state index is 8.45.